The molecule has 0 amide bonds. The Morgan fingerprint density at radius 1 is 1.28 bits per heavy atom. The number of nitrogens with zero attached hydrogens (tertiary/aromatic N) is 1. The Labute approximate surface area is 154 Å². The zero-order chi connectivity index (χ0) is 17.6. The Balaban J connectivity index is 0.00000312. The Bertz CT molecular complexity index is 660. The van der Waals surface area contributed by atoms with Crippen LogP contribution in [0.4, 0.5) is 0 Å². The number of benzene rings is 1. The largest absolute Gasteiger partial charge is 0.465 e. The van der Waals surface area contributed by atoms with Crippen molar-refractivity contribution in [1.29, 1.82) is 0 Å². The van der Waals surface area contributed by atoms with Crippen molar-refractivity contribution in [3.8, 4) is 0 Å². The van der Waals surface area contributed by atoms with E-state index in [9.17, 15) is 13.2 Å². The van der Waals surface area contributed by atoms with Crippen molar-refractivity contribution in [2.24, 2.45) is 5.73 Å². The molecule has 1 saturated heterocycles. The molecule has 1 aromatic rings. The van der Waals surface area contributed by atoms with Crippen molar-refractivity contribution >= 4 is 28.4 Å². The van der Waals surface area contributed by atoms with E-state index in [4.69, 9.17) is 10.5 Å². The summed E-state index contributed by atoms with van der Waals surface area (Å²) >= 11 is 0. The topological polar surface area (TPSA) is 98.9 Å². The molecule has 0 bridgehead atoms. The molecule has 1 aliphatic heterocycles. The van der Waals surface area contributed by atoms with E-state index in [1.54, 1.807) is 12.1 Å². The predicted octanol–water partition coefficient (Wildman–Crippen LogP) is 1.41. The van der Waals surface area contributed by atoms with Crippen molar-refractivity contribution in [3.05, 3.63) is 29.8 Å². The zero-order valence-electron chi connectivity index (χ0n) is 14.2. The second-order valence-electron chi connectivity index (χ2n) is 5.60. The standard InChI is InChI=1S/C16H24N2O5S.ClH/c1-22-16(19)14-5-2-3-6-15(14)24(20,21)18-10-7-13(8-11-18)23-12-4-9-17;/h2-3,5-6,13H,4,7-12,17H2,1H3;1H. The maximum atomic E-state index is 12.9. The highest BCUT2D eigenvalue weighted by Crippen LogP contribution is 2.25. The van der Waals surface area contributed by atoms with Gasteiger partial charge in [0, 0.05) is 19.7 Å². The van der Waals surface area contributed by atoms with Crippen LogP contribution in [0.5, 0.6) is 0 Å². The number of halogens is 1. The van der Waals surface area contributed by atoms with Gasteiger partial charge in [0.25, 0.3) is 0 Å². The van der Waals surface area contributed by atoms with Crippen molar-refractivity contribution in [2.45, 2.75) is 30.3 Å². The van der Waals surface area contributed by atoms with E-state index in [1.165, 1.54) is 23.5 Å². The molecule has 142 valence electrons. The molecule has 1 aromatic carbocycles. The van der Waals surface area contributed by atoms with Crippen LogP contribution in [0.3, 0.4) is 0 Å². The quantitative estimate of drug-likeness (QED) is 0.556. The molecular weight excluding hydrogens is 368 g/mol. The number of piperidine rings is 1. The number of sulfonamides is 1. The lowest BCUT2D eigenvalue weighted by atomic mass is 10.1. The molecular formula is C16H25ClN2O5S. The molecule has 1 heterocycles. The molecule has 0 aromatic heterocycles. The smallest absolute Gasteiger partial charge is 0.339 e. The van der Waals surface area contributed by atoms with Crippen molar-refractivity contribution in [3.63, 3.8) is 0 Å². The van der Waals surface area contributed by atoms with Crippen LogP contribution >= 0.6 is 12.4 Å². The molecule has 0 atom stereocenters. The van der Waals surface area contributed by atoms with Gasteiger partial charge in [-0.05, 0) is 37.9 Å². The summed E-state index contributed by atoms with van der Waals surface area (Å²) in [4.78, 5) is 11.8. The SMILES string of the molecule is COC(=O)c1ccccc1S(=O)(=O)N1CCC(OCCCN)CC1.Cl. The maximum Gasteiger partial charge on any atom is 0.339 e. The first-order valence-electron chi connectivity index (χ1n) is 8.00. The average molecular weight is 393 g/mol. The van der Waals surface area contributed by atoms with Gasteiger partial charge >= 0.3 is 5.97 Å². The van der Waals surface area contributed by atoms with Crippen LogP contribution < -0.4 is 5.73 Å². The van der Waals surface area contributed by atoms with Crippen molar-refractivity contribution in [1.82, 2.24) is 4.31 Å². The number of hydrogen-bond acceptors (Lipinski definition) is 6. The molecule has 0 unspecified atom stereocenters. The number of hydrogen-bond donors (Lipinski definition) is 1. The minimum Gasteiger partial charge on any atom is -0.465 e. The first-order chi connectivity index (χ1) is 11.5. The third-order valence-corrected chi connectivity index (χ3v) is 5.97. The van der Waals surface area contributed by atoms with Crippen LogP contribution in [-0.4, -0.2) is 58.1 Å². The van der Waals surface area contributed by atoms with Gasteiger partial charge in [-0.3, -0.25) is 0 Å². The van der Waals surface area contributed by atoms with Crippen LogP contribution in [-0.2, 0) is 19.5 Å². The van der Waals surface area contributed by atoms with Gasteiger partial charge in [0.1, 0.15) is 0 Å². The molecule has 0 spiro atoms. The van der Waals surface area contributed by atoms with E-state index in [1.807, 2.05) is 0 Å². The van der Waals surface area contributed by atoms with E-state index < -0.39 is 16.0 Å². The van der Waals surface area contributed by atoms with Crippen LogP contribution in [0, 0.1) is 0 Å². The summed E-state index contributed by atoms with van der Waals surface area (Å²) in [6.07, 6.45) is 2.11. The lowest BCUT2D eigenvalue weighted by Crippen LogP contribution is -2.41. The molecule has 2 rings (SSSR count). The fourth-order valence-electron chi connectivity index (χ4n) is 2.68. The number of nitrogens with two attached hydrogens (primary N) is 1. The molecule has 0 radical (unpaired) electrons. The number of methoxy groups -OCH3 is 1. The number of carbonyl (C=O) groups is 1. The zero-order valence-corrected chi connectivity index (χ0v) is 15.9. The number of carbonyl (C=O) groups excluding carboxylic acids is 1. The van der Waals surface area contributed by atoms with Crippen LogP contribution in [0.25, 0.3) is 0 Å². The first kappa shape index (κ1) is 21.9. The molecule has 0 aliphatic carbocycles. The van der Waals surface area contributed by atoms with Gasteiger partial charge in [-0.25, -0.2) is 13.2 Å². The summed E-state index contributed by atoms with van der Waals surface area (Å²) in [7, 11) is -2.51. The third kappa shape index (κ3) is 5.39. The summed E-state index contributed by atoms with van der Waals surface area (Å²) in [6, 6.07) is 6.11. The lowest BCUT2D eigenvalue weighted by Gasteiger charge is -2.31. The molecule has 0 saturated carbocycles. The van der Waals surface area contributed by atoms with Crippen LogP contribution in [0.15, 0.2) is 29.2 Å². The number of esters is 1. The fourth-order valence-corrected chi connectivity index (χ4v) is 4.33. The molecule has 2 N–H and O–H groups in total. The highest BCUT2D eigenvalue weighted by Gasteiger charge is 2.32. The molecule has 9 heteroatoms. The van der Waals surface area contributed by atoms with Crippen molar-refractivity contribution < 1.29 is 22.7 Å². The van der Waals surface area contributed by atoms with Gasteiger partial charge in [0.2, 0.25) is 10.0 Å². The van der Waals surface area contributed by atoms with E-state index in [2.05, 4.69) is 4.74 Å². The van der Waals surface area contributed by atoms with E-state index in [0.29, 0.717) is 39.1 Å². The minimum absolute atomic E-state index is 0. The Kier molecular flexibility index (Phi) is 8.81. The van der Waals surface area contributed by atoms with Gasteiger partial charge in [-0.1, -0.05) is 12.1 Å². The number of ether oxygens (including phenoxy) is 2. The van der Waals surface area contributed by atoms with E-state index in [-0.39, 0.29) is 29.0 Å². The Hall–Kier alpha value is -1.19. The van der Waals surface area contributed by atoms with Gasteiger partial charge in [-0.15, -0.1) is 12.4 Å². The summed E-state index contributed by atoms with van der Waals surface area (Å²) < 4.78 is 37.5. The van der Waals surface area contributed by atoms with Crippen LogP contribution in [0.2, 0.25) is 0 Å². The van der Waals surface area contributed by atoms with E-state index >= 15 is 0 Å². The number of rotatable bonds is 7. The second kappa shape index (κ2) is 10.1. The van der Waals surface area contributed by atoms with E-state index in [0.717, 1.165) is 6.42 Å². The minimum atomic E-state index is -3.74. The van der Waals surface area contributed by atoms with Gasteiger partial charge in [-0.2, -0.15) is 4.31 Å². The maximum absolute atomic E-state index is 12.9. The average Bonchev–Trinajstić information content (AvgIpc) is 2.61. The lowest BCUT2D eigenvalue weighted by molar-refractivity contribution is 0.0208. The molecule has 7 nitrogen and oxygen atoms in total. The first-order valence-corrected chi connectivity index (χ1v) is 9.44. The predicted molar refractivity (Wildman–Crippen MR) is 96.4 cm³/mol. The normalized spacial score (nSPS) is 16.2. The molecule has 1 fully saturated rings. The summed E-state index contributed by atoms with van der Waals surface area (Å²) in [5, 5.41) is 0. The van der Waals surface area contributed by atoms with Gasteiger partial charge in [0.05, 0.1) is 23.7 Å². The summed E-state index contributed by atoms with van der Waals surface area (Å²) in [5.74, 6) is -0.658. The highest BCUT2D eigenvalue weighted by molar-refractivity contribution is 7.89. The highest BCUT2D eigenvalue weighted by atomic mass is 35.5. The Morgan fingerprint density at radius 3 is 2.52 bits per heavy atom. The second-order valence-corrected chi connectivity index (χ2v) is 7.51. The van der Waals surface area contributed by atoms with Crippen LogP contribution in [0.1, 0.15) is 29.6 Å². The fraction of sp³-hybridized carbons (Fsp3) is 0.562. The van der Waals surface area contributed by atoms with Crippen molar-refractivity contribution in [2.75, 3.05) is 33.4 Å². The Morgan fingerprint density at radius 2 is 1.92 bits per heavy atom. The molecule has 25 heavy (non-hydrogen) atoms. The summed E-state index contributed by atoms with van der Waals surface area (Å²) in [6.45, 7) is 1.91. The molecule has 1 aliphatic rings. The monoisotopic (exact) mass is 392 g/mol. The van der Waals surface area contributed by atoms with Gasteiger partial charge < -0.3 is 15.2 Å². The van der Waals surface area contributed by atoms with Gasteiger partial charge in [0.15, 0.2) is 0 Å². The summed E-state index contributed by atoms with van der Waals surface area (Å²) in [5.41, 5.74) is 5.49. The third-order valence-electron chi connectivity index (χ3n) is 4.01.